The molecule has 98 valence electrons. The largest absolute Gasteiger partial charge is 0.319 e. The Bertz CT molecular complexity index is 789. The number of rotatable bonds is 2. The molecular weight excluding hydrogens is 318 g/mol. The van der Waals surface area contributed by atoms with Crippen molar-refractivity contribution in [3.05, 3.63) is 65.0 Å². The summed E-state index contributed by atoms with van der Waals surface area (Å²) < 4.78 is 0.627. The van der Waals surface area contributed by atoms with E-state index in [1.807, 2.05) is 30.3 Å². The molecule has 3 rings (SSSR count). The molecule has 2 aromatic heterocycles. The van der Waals surface area contributed by atoms with E-state index in [2.05, 4.69) is 31.2 Å². The van der Waals surface area contributed by atoms with Gasteiger partial charge in [-0.15, -0.1) is 0 Å². The maximum Gasteiger partial charge on any atom is 0.274 e. The minimum absolute atomic E-state index is 0.261. The maximum absolute atomic E-state index is 12.1. The van der Waals surface area contributed by atoms with Crippen LogP contribution in [0.4, 0.5) is 5.69 Å². The quantitative estimate of drug-likeness (QED) is 0.731. The second kappa shape index (κ2) is 5.38. The van der Waals surface area contributed by atoms with Gasteiger partial charge in [0.15, 0.2) is 0 Å². The molecule has 0 radical (unpaired) electrons. The van der Waals surface area contributed by atoms with Crippen molar-refractivity contribution in [1.82, 2.24) is 9.97 Å². The first-order valence-corrected chi connectivity index (χ1v) is 6.80. The van der Waals surface area contributed by atoms with Crippen molar-refractivity contribution in [1.29, 1.82) is 0 Å². The fourth-order valence-corrected chi connectivity index (χ4v) is 2.21. The Kier molecular flexibility index (Phi) is 3.43. The molecule has 0 aliphatic carbocycles. The van der Waals surface area contributed by atoms with Gasteiger partial charge in [-0.05, 0) is 40.2 Å². The number of pyridine rings is 2. The van der Waals surface area contributed by atoms with Gasteiger partial charge in [-0.2, -0.15) is 0 Å². The molecule has 1 aromatic carbocycles. The van der Waals surface area contributed by atoms with E-state index in [9.17, 15) is 4.79 Å². The maximum atomic E-state index is 12.1. The van der Waals surface area contributed by atoms with Gasteiger partial charge in [0.25, 0.3) is 5.91 Å². The lowest BCUT2D eigenvalue weighted by Crippen LogP contribution is -2.13. The van der Waals surface area contributed by atoms with Gasteiger partial charge in [0.1, 0.15) is 10.3 Å². The Hall–Kier alpha value is -2.27. The molecule has 0 saturated carbocycles. The first-order chi connectivity index (χ1) is 9.72. The van der Waals surface area contributed by atoms with E-state index in [1.54, 1.807) is 24.4 Å². The monoisotopic (exact) mass is 327 g/mol. The third kappa shape index (κ3) is 2.67. The van der Waals surface area contributed by atoms with Gasteiger partial charge in [-0.25, -0.2) is 4.98 Å². The highest BCUT2D eigenvalue weighted by Crippen LogP contribution is 2.16. The standard InChI is InChI=1S/C15H10BrN3O/c16-14-7-3-6-13(19-14)15(20)18-11-8-10-4-1-2-5-12(10)17-9-11/h1-9H,(H,18,20). The van der Waals surface area contributed by atoms with Gasteiger partial charge < -0.3 is 5.32 Å². The summed E-state index contributed by atoms with van der Waals surface area (Å²) in [7, 11) is 0. The van der Waals surface area contributed by atoms with Crippen molar-refractivity contribution in [2.75, 3.05) is 5.32 Å². The fraction of sp³-hybridized carbons (Fsp3) is 0. The van der Waals surface area contributed by atoms with Crippen LogP contribution in [0, 0.1) is 0 Å². The third-order valence-corrected chi connectivity index (χ3v) is 3.24. The summed E-state index contributed by atoms with van der Waals surface area (Å²) in [6, 6.07) is 14.8. The van der Waals surface area contributed by atoms with E-state index in [0.717, 1.165) is 10.9 Å². The van der Waals surface area contributed by atoms with Crippen molar-refractivity contribution in [2.24, 2.45) is 0 Å². The summed E-state index contributed by atoms with van der Waals surface area (Å²) in [5.41, 5.74) is 1.90. The SMILES string of the molecule is O=C(Nc1cnc2ccccc2c1)c1cccc(Br)n1. The van der Waals surface area contributed by atoms with Crippen molar-refractivity contribution in [3.63, 3.8) is 0 Å². The Labute approximate surface area is 124 Å². The number of nitrogens with one attached hydrogen (secondary N) is 1. The molecule has 0 spiro atoms. The molecule has 20 heavy (non-hydrogen) atoms. The topological polar surface area (TPSA) is 54.9 Å². The molecule has 0 atom stereocenters. The van der Waals surface area contributed by atoms with Gasteiger partial charge in [-0.1, -0.05) is 24.3 Å². The van der Waals surface area contributed by atoms with Crippen molar-refractivity contribution < 1.29 is 4.79 Å². The van der Waals surface area contributed by atoms with Crippen LogP contribution in [0.25, 0.3) is 10.9 Å². The van der Waals surface area contributed by atoms with Crippen molar-refractivity contribution in [3.8, 4) is 0 Å². The summed E-state index contributed by atoms with van der Waals surface area (Å²) in [5, 5.41) is 3.77. The average molecular weight is 328 g/mol. The molecule has 0 unspecified atom stereocenters. The van der Waals surface area contributed by atoms with Gasteiger partial charge in [0.2, 0.25) is 0 Å². The highest BCUT2D eigenvalue weighted by Gasteiger charge is 2.08. The van der Waals surface area contributed by atoms with Crippen LogP contribution in [0.5, 0.6) is 0 Å². The minimum Gasteiger partial charge on any atom is -0.319 e. The Balaban J connectivity index is 1.87. The Morgan fingerprint density at radius 3 is 2.80 bits per heavy atom. The van der Waals surface area contributed by atoms with Crippen LogP contribution in [0.1, 0.15) is 10.5 Å². The van der Waals surface area contributed by atoms with E-state index in [0.29, 0.717) is 16.0 Å². The van der Waals surface area contributed by atoms with E-state index in [1.165, 1.54) is 0 Å². The molecule has 2 heterocycles. The number of benzene rings is 1. The first kappa shape index (κ1) is 12.7. The molecule has 0 saturated heterocycles. The summed E-state index contributed by atoms with van der Waals surface area (Å²) in [4.78, 5) is 20.5. The molecule has 4 nitrogen and oxygen atoms in total. The van der Waals surface area contributed by atoms with Gasteiger partial charge >= 0.3 is 0 Å². The number of carbonyl (C=O) groups excluding carboxylic acids is 1. The Morgan fingerprint density at radius 2 is 1.95 bits per heavy atom. The highest BCUT2D eigenvalue weighted by molar-refractivity contribution is 9.10. The number of fused-ring (bicyclic) bond motifs is 1. The smallest absolute Gasteiger partial charge is 0.274 e. The van der Waals surface area contributed by atoms with Crippen LogP contribution >= 0.6 is 15.9 Å². The summed E-state index contributed by atoms with van der Waals surface area (Å²) in [6.45, 7) is 0. The minimum atomic E-state index is -0.261. The second-order valence-electron chi connectivity index (χ2n) is 4.22. The number of nitrogens with zero attached hydrogens (tertiary/aromatic N) is 2. The van der Waals surface area contributed by atoms with Gasteiger partial charge in [0, 0.05) is 5.39 Å². The molecule has 1 N–H and O–H groups in total. The molecule has 1 amide bonds. The third-order valence-electron chi connectivity index (χ3n) is 2.80. The lowest BCUT2D eigenvalue weighted by Gasteiger charge is -2.05. The highest BCUT2D eigenvalue weighted by atomic mass is 79.9. The predicted octanol–water partition coefficient (Wildman–Crippen LogP) is 3.64. The fourth-order valence-electron chi connectivity index (χ4n) is 1.87. The lowest BCUT2D eigenvalue weighted by molar-refractivity contribution is 0.102. The molecule has 3 aromatic rings. The normalized spacial score (nSPS) is 10.4. The molecule has 0 bridgehead atoms. The van der Waals surface area contributed by atoms with E-state index >= 15 is 0 Å². The molecule has 0 fully saturated rings. The van der Waals surface area contributed by atoms with Crippen molar-refractivity contribution >= 4 is 38.4 Å². The van der Waals surface area contributed by atoms with Crippen LogP contribution < -0.4 is 5.32 Å². The number of halogens is 1. The zero-order valence-electron chi connectivity index (χ0n) is 10.4. The van der Waals surface area contributed by atoms with E-state index < -0.39 is 0 Å². The summed E-state index contributed by atoms with van der Waals surface area (Å²) in [6.07, 6.45) is 1.64. The van der Waals surface area contributed by atoms with Gasteiger partial charge in [0.05, 0.1) is 17.4 Å². The number of carbonyl (C=O) groups is 1. The second-order valence-corrected chi connectivity index (χ2v) is 5.03. The number of hydrogen-bond donors (Lipinski definition) is 1. The van der Waals surface area contributed by atoms with Crippen LogP contribution in [0.3, 0.4) is 0 Å². The number of anilines is 1. The molecule has 0 aliphatic rings. The zero-order chi connectivity index (χ0) is 13.9. The lowest BCUT2D eigenvalue weighted by atomic mass is 10.2. The van der Waals surface area contributed by atoms with Gasteiger partial charge in [-0.3, -0.25) is 9.78 Å². The van der Waals surface area contributed by atoms with Crippen LogP contribution in [-0.4, -0.2) is 15.9 Å². The number of aromatic nitrogens is 2. The Morgan fingerprint density at radius 1 is 1.10 bits per heavy atom. The average Bonchev–Trinajstić information content (AvgIpc) is 2.47. The summed E-state index contributed by atoms with van der Waals surface area (Å²) >= 11 is 3.24. The zero-order valence-corrected chi connectivity index (χ0v) is 12.0. The van der Waals surface area contributed by atoms with Crippen LogP contribution in [-0.2, 0) is 0 Å². The number of para-hydroxylation sites is 1. The number of hydrogen-bond acceptors (Lipinski definition) is 3. The van der Waals surface area contributed by atoms with Crippen LogP contribution in [0.2, 0.25) is 0 Å². The number of amides is 1. The molecular formula is C15H10BrN3O. The van der Waals surface area contributed by atoms with Crippen LogP contribution in [0.15, 0.2) is 59.3 Å². The molecule has 5 heteroatoms. The van der Waals surface area contributed by atoms with E-state index in [4.69, 9.17) is 0 Å². The summed E-state index contributed by atoms with van der Waals surface area (Å²) in [5.74, 6) is -0.261. The van der Waals surface area contributed by atoms with Crippen molar-refractivity contribution in [2.45, 2.75) is 0 Å². The predicted molar refractivity (Wildman–Crippen MR) is 81.6 cm³/mol. The van der Waals surface area contributed by atoms with E-state index in [-0.39, 0.29) is 5.91 Å². The molecule has 0 aliphatic heterocycles. The first-order valence-electron chi connectivity index (χ1n) is 6.01.